The number of hydrogen-bond donors (Lipinski definition) is 1. The summed E-state index contributed by atoms with van der Waals surface area (Å²) in [6.07, 6.45) is 3.65. The lowest BCUT2D eigenvalue weighted by atomic mass is 10.1. The van der Waals surface area contributed by atoms with E-state index in [-0.39, 0.29) is 0 Å². The molecule has 2 rings (SSSR count). The van der Waals surface area contributed by atoms with Gasteiger partial charge in [-0.15, -0.1) is 11.8 Å². The Bertz CT molecular complexity index is 511. The summed E-state index contributed by atoms with van der Waals surface area (Å²) < 4.78 is 0. The van der Waals surface area contributed by atoms with E-state index in [4.69, 9.17) is 5.73 Å². The van der Waals surface area contributed by atoms with Crippen LogP contribution in [0.5, 0.6) is 0 Å². The van der Waals surface area contributed by atoms with Gasteiger partial charge in [-0.05, 0) is 32.3 Å². The fraction of sp³-hybridized carbons (Fsp3) is 0.308. The molecule has 0 saturated carbocycles. The minimum atomic E-state index is 0.796. The van der Waals surface area contributed by atoms with Crippen molar-refractivity contribution in [2.45, 2.75) is 4.90 Å². The maximum Gasteiger partial charge on any atom is 0.0410 e. The number of anilines is 1. The maximum absolute atomic E-state index is 5.94. The largest absolute Gasteiger partial charge is 0.398 e. The van der Waals surface area contributed by atoms with Crippen molar-refractivity contribution in [3.63, 3.8) is 0 Å². The average Bonchev–Trinajstić information content (AvgIpc) is 2.32. The number of rotatable bonds is 4. The van der Waals surface area contributed by atoms with Crippen LogP contribution in [0.15, 0.2) is 35.5 Å². The Hall–Kier alpha value is -1.26. The highest BCUT2D eigenvalue weighted by Gasteiger charge is 2.04. The van der Waals surface area contributed by atoms with E-state index in [9.17, 15) is 0 Å². The number of fused-ring (bicyclic) bond motifs is 1. The molecule has 3 nitrogen and oxygen atoms in total. The van der Waals surface area contributed by atoms with Gasteiger partial charge in [-0.1, -0.05) is 0 Å². The number of pyridine rings is 1. The zero-order valence-electron chi connectivity index (χ0n) is 10.2. The van der Waals surface area contributed by atoms with Gasteiger partial charge in [-0.3, -0.25) is 4.98 Å². The van der Waals surface area contributed by atoms with E-state index in [1.807, 2.05) is 36.3 Å². The SMILES string of the molecule is CN(C)CCSc1ccc(N)c2cnccc12. The summed E-state index contributed by atoms with van der Waals surface area (Å²) in [4.78, 5) is 7.59. The molecule has 0 amide bonds. The van der Waals surface area contributed by atoms with Crippen LogP contribution in [0.3, 0.4) is 0 Å². The lowest BCUT2D eigenvalue weighted by Gasteiger charge is -2.11. The first-order valence-electron chi connectivity index (χ1n) is 5.58. The molecule has 0 saturated heterocycles. The van der Waals surface area contributed by atoms with Crippen LogP contribution in [0.2, 0.25) is 0 Å². The Morgan fingerprint density at radius 1 is 1.24 bits per heavy atom. The number of nitrogens with two attached hydrogens (primary N) is 1. The third-order valence-corrected chi connectivity index (χ3v) is 3.66. The van der Waals surface area contributed by atoms with Gasteiger partial charge in [0.25, 0.3) is 0 Å². The van der Waals surface area contributed by atoms with Crippen LogP contribution in [-0.2, 0) is 0 Å². The summed E-state index contributed by atoms with van der Waals surface area (Å²) in [6.45, 7) is 1.07. The number of aromatic nitrogens is 1. The van der Waals surface area contributed by atoms with Gasteiger partial charge in [0.1, 0.15) is 0 Å². The first-order valence-corrected chi connectivity index (χ1v) is 6.57. The van der Waals surface area contributed by atoms with Crippen molar-refractivity contribution in [2.24, 2.45) is 0 Å². The lowest BCUT2D eigenvalue weighted by Crippen LogP contribution is -2.14. The maximum atomic E-state index is 5.94. The molecule has 0 fully saturated rings. The molecule has 0 unspecified atom stereocenters. The Balaban J connectivity index is 2.26. The van der Waals surface area contributed by atoms with Gasteiger partial charge in [-0.25, -0.2) is 0 Å². The summed E-state index contributed by atoms with van der Waals surface area (Å²) in [5.74, 6) is 1.08. The summed E-state index contributed by atoms with van der Waals surface area (Å²) >= 11 is 1.86. The molecule has 0 aliphatic carbocycles. The predicted octanol–water partition coefficient (Wildman–Crippen LogP) is 2.47. The molecule has 0 radical (unpaired) electrons. The van der Waals surface area contributed by atoms with Crippen LogP contribution in [0.25, 0.3) is 10.8 Å². The first kappa shape index (κ1) is 12.2. The molecule has 0 aliphatic rings. The molecule has 4 heteroatoms. The van der Waals surface area contributed by atoms with Crippen LogP contribution in [0.4, 0.5) is 5.69 Å². The molecule has 0 aliphatic heterocycles. The molecule has 2 N–H and O–H groups in total. The molecular formula is C13H17N3S. The second-order valence-corrected chi connectivity index (χ2v) is 5.36. The number of nitrogen functional groups attached to an aromatic ring is 1. The molecule has 0 atom stereocenters. The minimum Gasteiger partial charge on any atom is -0.398 e. The summed E-state index contributed by atoms with van der Waals surface area (Å²) in [5.41, 5.74) is 6.74. The quantitative estimate of drug-likeness (QED) is 0.666. The van der Waals surface area contributed by atoms with Gasteiger partial charge in [0.05, 0.1) is 0 Å². The van der Waals surface area contributed by atoms with E-state index in [0.29, 0.717) is 0 Å². The third kappa shape index (κ3) is 2.90. The zero-order chi connectivity index (χ0) is 12.3. The highest BCUT2D eigenvalue weighted by atomic mass is 32.2. The predicted molar refractivity (Wildman–Crippen MR) is 75.4 cm³/mol. The zero-order valence-corrected chi connectivity index (χ0v) is 11.0. The highest BCUT2D eigenvalue weighted by molar-refractivity contribution is 7.99. The van der Waals surface area contributed by atoms with Gasteiger partial charge in [0, 0.05) is 46.0 Å². The number of benzene rings is 1. The van der Waals surface area contributed by atoms with Crippen molar-refractivity contribution in [3.8, 4) is 0 Å². The Morgan fingerprint density at radius 3 is 2.82 bits per heavy atom. The molecular weight excluding hydrogens is 230 g/mol. The monoisotopic (exact) mass is 247 g/mol. The van der Waals surface area contributed by atoms with Crippen LogP contribution in [-0.4, -0.2) is 36.3 Å². The van der Waals surface area contributed by atoms with Crippen LogP contribution in [0.1, 0.15) is 0 Å². The molecule has 0 bridgehead atoms. The number of nitrogens with zero attached hydrogens (tertiary/aromatic N) is 2. The van der Waals surface area contributed by atoms with Crippen molar-refractivity contribution in [1.82, 2.24) is 9.88 Å². The number of thioether (sulfide) groups is 1. The van der Waals surface area contributed by atoms with Crippen molar-refractivity contribution < 1.29 is 0 Å². The van der Waals surface area contributed by atoms with E-state index < -0.39 is 0 Å². The van der Waals surface area contributed by atoms with Crippen molar-refractivity contribution in [2.75, 3.05) is 32.1 Å². The van der Waals surface area contributed by atoms with Crippen molar-refractivity contribution in [1.29, 1.82) is 0 Å². The summed E-state index contributed by atoms with van der Waals surface area (Å²) in [7, 11) is 4.18. The number of hydrogen-bond acceptors (Lipinski definition) is 4. The Kier molecular flexibility index (Phi) is 3.86. The summed E-state index contributed by atoms with van der Waals surface area (Å²) in [6, 6.07) is 6.09. The van der Waals surface area contributed by atoms with E-state index in [0.717, 1.165) is 23.4 Å². The smallest absolute Gasteiger partial charge is 0.0410 e. The van der Waals surface area contributed by atoms with Gasteiger partial charge in [0.15, 0.2) is 0 Å². The molecule has 1 heterocycles. The van der Waals surface area contributed by atoms with Crippen LogP contribution >= 0.6 is 11.8 Å². The topological polar surface area (TPSA) is 42.1 Å². The second kappa shape index (κ2) is 5.38. The fourth-order valence-corrected chi connectivity index (χ4v) is 2.82. The standard InChI is InChI=1S/C13H17N3S/c1-16(2)7-8-17-13-4-3-12(14)11-9-15-6-5-10(11)13/h3-6,9H,7-8,14H2,1-2H3. The van der Waals surface area contributed by atoms with Gasteiger partial charge in [-0.2, -0.15) is 0 Å². The molecule has 1 aromatic heterocycles. The van der Waals surface area contributed by atoms with Crippen molar-refractivity contribution in [3.05, 3.63) is 30.6 Å². The second-order valence-electron chi connectivity index (χ2n) is 4.23. The lowest BCUT2D eigenvalue weighted by molar-refractivity contribution is 0.437. The molecule has 1 aromatic carbocycles. The van der Waals surface area contributed by atoms with Crippen LogP contribution in [0, 0.1) is 0 Å². The third-order valence-electron chi connectivity index (χ3n) is 2.61. The Morgan fingerprint density at radius 2 is 2.06 bits per heavy atom. The minimum absolute atomic E-state index is 0.796. The van der Waals surface area contributed by atoms with Gasteiger partial charge >= 0.3 is 0 Å². The van der Waals surface area contributed by atoms with E-state index in [2.05, 4.69) is 30.0 Å². The van der Waals surface area contributed by atoms with Crippen molar-refractivity contribution >= 4 is 28.2 Å². The van der Waals surface area contributed by atoms with Gasteiger partial charge in [0.2, 0.25) is 0 Å². The molecule has 17 heavy (non-hydrogen) atoms. The fourth-order valence-electron chi connectivity index (χ4n) is 1.65. The van der Waals surface area contributed by atoms with E-state index in [1.54, 1.807) is 0 Å². The van der Waals surface area contributed by atoms with E-state index >= 15 is 0 Å². The highest BCUT2D eigenvalue weighted by Crippen LogP contribution is 2.30. The molecule has 90 valence electrons. The average molecular weight is 247 g/mol. The first-order chi connectivity index (χ1) is 8.18. The van der Waals surface area contributed by atoms with E-state index in [1.165, 1.54) is 10.3 Å². The normalized spacial score (nSPS) is 11.2. The Labute approximate surface area is 106 Å². The molecule has 0 spiro atoms. The molecule has 2 aromatic rings. The summed E-state index contributed by atoms with van der Waals surface area (Å²) in [5, 5.41) is 2.24. The van der Waals surface area contributed by atoms with Gasteiger partial charge < -0.3 is 10.6 Å². The van der Waals surface area contributed by atoms with Crippen LogP contribution < -0.4 is 5.73 Å².